The van der Waals surface area contributed by atoms with E-state index in [0.717, 1.165) is 49.9 Å². The first-order valence-corrected chi connectivity index (χ1v) is 5.60. The van der Waals surface area contributed by atoms with Crippen LogP contribution in [0.25, 0.3) is 0 Å². The Bertz CT molecular complexity index is 331. The third-order valence-electron chi connectivity index (χ3n) is 2.66. The lowest BCUT2D eigenvalue weighted by Crippen LogP contribution is -2.44. The van der Waals surface area contributed by atoms with E-state index in [2.05, 4.69) is 33.2 Å². The molecule has 4 nitrogen and oxygen atoms in total. The Morgan fingerprint density at radius 2 is 2.07 bits per heavy atom. The molecule has 0 bridgehead atoms. The van der Waals surface area contributed by atoms with Gasteiger partial charge in [0.15, 0.2) is 0 Å². The SMILES string of the molecule is CCc1cc(C)nc(N2CCNCC2)n1. The number of aryl methyl sites for hydroxylation is 2. The number of hydrogen-bond acceptors (Lipinski definition) is 4. The van der Waals surface area contributed by atoms with Crippen LogP contribution in [0.3, 0.4) is 0 Å². The summed E-state index contributed by atoms with van der Waals surface area (Å²) in [5.41, 5.74) is 2.20. The summed E-state index contributed by atoms with van der Waals surface area (Å²) in [5.74, 6) is 0.897. The minimum absolute atomic E-state index is 0.897. The van der Waals surface area contributed by atoms with E-state index in [0.29, 0.717) is 0 Å². The van der Waals surface area contributed by atoms with E-state index < -0.39 is 0 Å². The van der Waals surface area contributed by atoms with Crippen LogP contribution in [0.1, 0.15) is 18.3 Å². The number of piperazine rings is 1. The van der Waals surface area contributed by atoms with E-state index in [4.69, 9.17) is 0 Å². The summed E-state index contributed by atoms with van der Waals surface area (Å²) >= 11 is 0. The summed E-state index contributed by atoms with van der Waals surface area (Å²) in [6, 6.07) is 2.06. The van der Waals surface area contributed by atoms with Crippen molar-refractivity contribution in [3.8, 4) is 0 Å². The molecular formula is C11H18N4. The quantitative estimate of drug-likeness (QED) is 0.775. The molecule has 1 aromatic heterocycles. The highest BCUT2D eigenvalue weighted by Gasteiger charge is 2.13. The third-order valence-corrected chi connectivity index (χ3v) is 2.66. The van der Waals surface area contributed by atoms with Gasteiger partial charge < -0.3 is 10.2 Å². The Kier molecular flexibility index (Phi) is 3.16. The number of hydrogen-bond donors (Lipinski definition) is 1. The van der Waals surface area contributed by atoms with Crippen LogP contribution in [0.5, 0.6) is 0 Å². The molecule has 82 valence electrons. The minimum atomic E-state index is 0.897. The molecule has 1 aliphatic heterocycles. The van der Waals surface area contributed by atoms with Crippen molar-refractivity contribution in [1.82, 2.24) is 15.3 Å². The molecule has 0 aliphatic carbocycles. The van der Waals surface area contributed by atoms with Crippen molar-refractivity contribution >= 4 is 5.95 Å². The van der Waals surface area contributed by atoms with Gasteiger partial charge in [0.1, 0.15) is 0 Å². The topological polar surface area (TPSA) is 41.1 Å². The molecule has 1 saturated heterocycles. The standard InChI is InChI=1S/C11H18N4/c1-3-10-8-9(2)13-11(14-10)15-6-4-12-5-7-15/h8,12H,3-7H2,1-2H3. The average Bonchev–Trinajstić information content (AvgIpc) is 2.29. The maximum absolute atomic E-state index is 4.56. The van der Waals surface area contributed by atoms with Gasteiger partial charge in [-0.3, -0.25) is 0 Å². The first kappa shape index (κ1) is 10.4. The summed E-state index contributed by atoms with van der Waals surface area (Å²) in [4.78, 5) is 11.3. The molecule has 0 radical (unpaired) electrons. The van der Waals surface area contributed by atoms with Crippen LogP contribution >= 0.6 is 0 Å². The number of nitrogens with zero attached hydrogens (tertiary/aromatic N) is 3. The van der Waals surface area contributed by atoms with Crippen LogP contribution in [-0.4, -0.2) is 36.1 Å². The number of aromatic nitrogens is 2. The zero-order valence-corrected chi connectivity index (χ0v) is 9.45. The predicted octanol–water partition coefficient (Wildman–Crippen LogP) is 0.757. The van der Waals surface area contributed by atoms with E-state index in [-0.39, 0.29) is 0 Å². The zero-order chi connectivity index (χ0) is 10.7. The van der Waals surface area contributed by atoms with Crippen molar-refractivity contribution in [1.29, 1.82) is 0 Å². The Labute approximate surface area is 90.7 Å². The molecule has 1 N–H and O–H groups in total. The van der Waals surface area contributed by atoms with Gasteiger partial charge >= 0.3 is 0 Å². The monoisotopic (exact) mass is 206 g/mol. The average molecular weight is 206 g/mol. The first-order chi connectivity index (χ1) is 7.29. The highest BCUT2D eigenvalue weighted by atomic mass is 15.3. The second kappa shape index (κ2) is 4.57. The van der Waals surface area contributed by atoms with Gasteiger partial charge in [-0.15, -0.1) is 0 Å². The van der Waals surface area contributed by atoms with Gasteiger partial charge in [-0.1, -0.05) is 6.92 Å². The fourth-order valence-corrected chi connectivity index (χ4v) is 1.80. The van der Waals surface area contributed by atoms with E-state index in [1.807, 2.05) is 6.92 Å². The van der Waals surface area contributed by atoms with Crippen LogP contribution in [0.4, 0.5) is 5.95 Å². The molecule has 0 saturated carbocycles. The molecular weight excluding hydrogens is 188 g/mol. The van der Waals surface area contributed by atoms with Gasteiger partial charge in [-0.2, -0.15) is 0 Å². The van der Waals surface area contributed by atoms with Gasteiger partial charge in [-0.25, -0.2) is 9.97 Å². The van der Waals surface area contributed by atoms with Crippen molar-refractivity contribution in [2.75, 3.05) is 31.1 Å². The van der Waals surface area contributed by atoms with Crippen molar-refractivity contribution < 1.29 is 0 Å². The van der Waals surface area contributed by atoms with E-state index in [1.165, 1.54) is 0 Å². The van der Waals surface area contributed by atoms with Gasteiger partial charge in [-0.05, 0) is 19.4 Å². The second-order valence-corrected chi connectivity index (χ2v) is 3.89. The molecule has 0 atom stereocenters. The van der Waals surface area contributed by atoms with E-state index in [1.54, 1.807) is 0 Å². The molecule has 0 aromatic carbocycles. The first-order valence-electron chi connectivity index (χ1n) is 5.60. The second-order valence-electron chi connectivity index (χ2n) is 3.89. The number of rotatable bonds is 2. The molecule has 4 heteroatoms. The zero-order valence-electron chi connectivity index (χ0n) is 9.45. The molecule has 1 aliphatic rings. The molecule has 1 aromatic rings. The fraction of sp³-hybridized carbons (Fsp3) is 0.636. The molecule has 1 fully saturated rings. The van der Waals surface area contributed by atoms with Crippen LogP contribution in [0, 0.1) is 6.92 Å². The van der Waals surface area contributed by atoms with Gasteiger partial charge in [0.2, 0.25) is 5.95 Å². The van der Waals surface area contributed by atoms with Crippen LogP contribution < -0.4 is 10.2 Å². The van der Waals surface area contributed by atoms with E-state index in [9.17, 15) is 0 Å². The smallest absolute Gasteiger partial charge is 0.225 e. The van der Waals surface area contributed by atoms with Crippen LogP contribution in [0.15, 0.2) is 6.07 Å². The lowest BCUT2D eigenvalue weighted by Gasteiger charge is -2.27. The van der Waals surface area contributed by atoms with Crippen molar-refractivity contribution in [2.24, 2.45) is 0 Å². The maximum Gasteiger partial charge on any atom is 0.225 e. The van der Waals surface area contributed by atoms with Crippen molar-refractivity contribution in [3.63, 3.8) is 0 Å². The fourth-order valence-electron chi connectivity index (χ4n) is 1.80. The molecule has 15 heavy (non-hydrogen) atoms. The Morgan fingerprint density at radius 3 is 2.73 bits per heavy atom. The number of nitrogens with one attached hydrogen (secondary N) is 1. The molecule has 0 amide bonds. The van der Waals surface area contributed by atoms with Crippen LogP contribution in [0.2, 0.25) is 0 Å². The van der Waals surface area contributed by atoms with Crippen molar-refractivity contribution in [2.45, 2.75) is 20.3 Å². The molecule has 2 heterocycles. The van der Waals surface area contributed by atoms with Gasteiger partial charge in [0.25, 0.3) is 0 Å². The lowest BCUT2D eigenvalue weighted by atomic mass is 10.3. The van der Waals surface area contributed by atoms with Gasteiger partial charge in [0, 0.05) is 37.6 Å². The summed E-state index contributed by atoms with van der Waals surface area (Å²) in [5, 5.41) is 3.33. The predicted molar refractivity (Wildman–Crippen MR) is 61.2 cm³/mol. The number of anilines is 1. The summed E-state index contributed by atoms with van der Waals surface area (Å²) in [6.07, 6.45) is 0.975. The summed E-state index contributed by atoms with van der Waals surface area (Å²) < 4.78 is 0. The van der Waals surface area contributed by atoms with Crippen LogP contribution in [-0.2, 0) is 6.42 Å². The Hall–Kier alpha value is -1.16. The normalized spacial score (nSPS) is 16.8. The molecule has 0 spiro atoms. The largest absolute Gasteiger partial charge is 0.338 e. The lowest BCUT2D eigenvalue weighted by molar-refractivity contribution is 0.578. The Morgan fingerprint density at radius 1 is 1.33 bits per heavy atom. The molecule has 2 rings (SSSR count). The molecule has 0 unspecified atom stereocenters. The highest BCUT2D eigenvalue weighted by Crippen LogP contribution is 2.11. The summed E-state index contributed by atoms with van der Waals surface area (Å²) in [7, 11) is 0. The van der Waals surface area contributed by atoms with E-state index >= 15 is 0 Å². The minimum Gasteiger partial charge on any atom is -0.338 e. The van der Waals surface area contributed by atoms with Crippen molar-refractivity contribution in [3.05, 3.63) is 17.5 Å². The third kappa shape index (κ3) is 2.45. The maximum atomic E-state index is 4.56. The Balaban J connectivity index is 2.22. The summed E-state index contributed by atoms with van der Waals surface area (Å²) in [6.45, 7) is 8.23. The highest BCUT2D eigenvalue weighted by molar-refractivity contribution is 5.33. The van der Waals surface area contributed by atoms with Gasteiger partial charge in [0.05, 0.1) is 0 Å².